The topological polar surface area (TPSA) is 44.5 Å². The highest BCUT2D eigenvalue weighted by Gasteiger charge is 2.23. The molecule has 0 N–H and O–H groups in total. The van der Waals surface area contributed by atoms with Crippen LogP contribution in [0.2, 0.25) is 10.0 Å². The van der Waals surface area contributed by atoms with Crippen molar-refractivity contribution in [2.45, 2.75) is 33.0 Å². The molecule has 0 spiro atoms. The first-order valence-electron chi connectivity index (χ1n) is 12.8. The van der Waals surface area contributed by atoms with Gasteiger partial charge in [0.15, 0.2) is 0 Å². The number of hydrogen-bond acceptors (Lipinski definition) is 4. The second-order valence-electron chi connectivity index (χ2n) is 9.74. The van der Waals surface area contributed by atoms with Gasteiger partial charge in [-0.15, -0.1) is 0 Å². The summed E-state index contributed by atoms with van der Waals surface area (Å²) in [6.45, 7) is 4.89. The predicted octanol–water partition coefficient (Wildman–Crippen LogP) is 7.86. The van der Waals surface area contributed by atoms with Gasteiger partial charge >= 0.3 is 0 Å². The zero-order chi connectivity index (χ0) is 27.4. The van der Waals surface area contributed by atoms with E-state index < -0.39 is 0 Å². The van der Waals surface area contributed by atoms with Gasteiger partial charge in [0, 0.05) is 11.5 Å². The van der Waals surface area contributed by atoms with E-state index in [4.69, 9.17) is 37.2 Å². The number of hydrogen-bond donors (Lipinski definition) is 0. The van der Waals surface area contributed by atoms with Crippen LogP contribution in [0.4, 0.5) is 0 Å². The van der Waals surface area contributed by atoms with Crippen molar-refractivity contribution >= 4 is 36.5 Å². The van der Waals surface area contributed by atoms with Crippen molar-refractivity contribution in [2.75, 3.05) is 0 Å². The molecule has 5 rings (SSSR count). The molecule has 0 atom stereocenters. The molecule has 0 bridgehead atoms. The normalized spacial score (nSPS) is 11.1. The third-order valence-electron chi connectivity index (χ3n) is 6.44. The zero-order valence-corrected chi connectivity index (χ0v) is 23.6. The first kappa shape index (κ1) is 26.9. The summed E-state index contributed by atoms with van der Waals surface area (Å²) in [6, 6.07) is 29.9. The first-order valence-corrected chi connectivity index (χ1v) is 13.6. The van der Waals surface area contributed by atoms with Gasteiger partial charge in [-0.3, -0.25) is 0 Å². The number of benzene rings is 4. The van der Waals surface area contributed by atoms with E-state index in [9.17, 15) is 0 Å². The summed E-state index contributed by atoms with van der Waals surface area (Å²) in [5.41, 5.74) is 6.59. The van der Waals surface area contributed by atoms with Crippen LogP contribution in [-0.2, 0) is 13.2 Å². The number of nitrogens with zero attached hydrogens (tertiary/aromatic N) is 1. The van der Waals surface area contributed by atoms with Gasteiger partial charge in [0.1, 0.15) is 44.0 Å². The van der Waals surface area contributed by atoms with E-state index in [2.05, 4.69) is 69.3 Å². The molecule has 39 heavy (non-hydrogen) atoms. The quantitative estimate of drug-likeness (QED) is 0.174. The Bertz CT molecular complexity index is 1560. The molecule has 0 aliphatic heterocycles. The van der Waals surface area contributed by atoms with Gasteiger partial charge < -0.3 is 14.0 Å². The fourth-order valence-electron chi connectivity index (χ4n) is 4.45. The van der Waals surface area contributed by atoms with Crippen LogP contribution in [0.3, 0.4) is 0 Å². The van der Waals surface area contributed by atoms with Crippen LogP contribution < -0.4 is 14.9 Å². The SMILES string of the molecule is Bc1cccc(OCc2cccc(-c3ccc(OCc4c(-c5c(Cl)cccc5Cl)noc4C(C)C)cc3)c2)c1. The van der Waals surface area contributed by atoms with E-state index in [0.717, 1.165) is 39.5 Å². The average molecular weight is 556 g/mol. The maximum absolute atomic E-state index is 6.47. The molecular weight excluding hydrogens is 528 g/mol. The molecule has 0 radical (unpaired) electrons. The molecule has 1 heterocycles. The molecule has 196 valence electrons. The molecule has 0 aliphatic carbocycles. The van der Waals surface area contributed by atoms with Crippen molar-refractivity contribution in [2.24, 2.45) is 0 Å². The number of aromatic nitrogens is 1. The van der Waals surface area contributed by atoms with Crippen molar-refractivity contribution in [3.8, 4) is 33.9 Å². The maximum atomic E-state index is 6.47. The smallest absolute Gasteiger partial charge is 0.146 e. The van der Waals surface area contributed by atoms with Gasteiger partial charge in [0.2, 0.25) is 0 Å². The molecule has 0 saturated carbocycles. The summed E-state index contributed by atoms with van der Waals surface area (Å²) in [5.74, 6) is 2.48. The molecule has 1 aromatic heterocycles. The lowest BCUT2D eigenvalue weighted by Crippen LogP contribution is -2.03. The summed E-state index contributed by atoms with van der Waals surface area (Å²) >= 11 is 12.9. The molecule has 0 saturated heterocycles. The Morgan fingerprint density at radius 2 is 1.46 bits per heavy atom. The Balaban J connectivity index is 1.30. The summed E-state index contributed by atoms with van der Waals surface area (Å²) in [6.07, 6.45) is 0. The van der Waals surface area contributed by atoms with Gasteiger partial charge in [0.25, 0.3) is 0 Å². The summed E-state index contributed by atoms with van der Waals surface area (Å²) < 4.78 is 17.9. The van der Waals surface area contributed by atoms with Crippen LogP contribution >= 0.6 is 23.2 Å². The van der Waals surface area contributed by atoms with E-state index in [0.29, 0.717) is 27.9 Å². The van der Waals surface area contributed by atoms with Crippen LogP contribution in [0.1, 0.15) is 36.7 Å². The zero-order valence-electron chi connectivity index (χ0n) is 22.1. The highest BCUT2D eigenvalue weighted by atomic mass is 35.5. The Labute approximate surface area is 239 Å². The molecule has 7 heteroatoms. The summed E-state index contributed by atoms with van der Waals surface area (Å²) in [7, 11) is 2.06. The summed E-state index contributed by atoms with van der Waals surface area (Å²) in [5, 5.41) is 5.34. The first-order chi connectivity index (χ1) is 18.9. The third kappa shape index (κ3) is 6.33. The van der Waals surface area contributed by atoms with E-state index in [-0.39, 0.29) is 12.5 Å². The Kier molecular flexibility index (Phi) is 8.30. The Morgan fingerprint density at radius 3 is 2.18 bits per heavy atom. The molecule has 4 nitrogen and oxygen atoms in total. The van der Waals surface area contributed by atoms with Crippen LogP contribution in [0, 0.1) is 0 Å². The minimum Gasteiger partial charge on any atom is -0.489 e. The van der Waals surface area contributed by atoms with Gasteiger partial charge in [-0.05, 0) is 59.2 Å². The van der Waals surface area contributed by atoms with Gasteiger partial charge in [-0.1, -0.05) is 96.2 Å². The molecule has 0 aliphatic rings. The Morgan fingerprint density at radius 1 is 0.769 bits per heavy atom. The lowest BCUT2D eigenvalue weighted by atomic mass is 9.96. The number of ether oxygens (including phenoxy) is 2. The highest BCUT2D eigenvalue weighted by molar-refractivity contribution is 6.39. The molecule has 4 aromatic carbocycles. The van der Waals surface area contributed by atoms with E-state index in [1.54, 1.807) is 12.1 Å². The molecule has 0 unspecified atom stereocenters. The Hall–Kier alpha value is -3.67. The van der Waals surface area contributed by atoms with Crippen LogP contribution in [-0.4, -0.2) is 13.0 Å². The standard InChI is InChI=1S/C32H28BCl2NO3/c1-20(2)32-27(31(36-39-32)30-28(34)10-5-11-29(30)35)19-38-25-14-12-22(13-15-25)23-7-3-6-21(16-23)18-37-26-9-4-8-24(33)17-26/h3-17,20H,18-19,33H2,1-2H3. The second-order valence-corrected chi connectivity index (χ2v) is 10.6. The average Bonchev–Trinajstić information content (AvgIpc) is 3.35. The fraction of sp³-hybridized carbons (Fsp3) is 0.156. The van der Waals surface area contributed by atoms with Gasteiger partial charge in [-0.2, -0.15) is 0 Å². The van der Waals surface area contributed by atoms with Crippen LogP contribution in [0.5, 0.6) is 11.5 Å². The largest absolute Gasteiger partial charge is 0.489 e. The van der Waals surface area contributed by atoms with Crippen molar-refractivity contribution in [3.63, 3.8) is 0 Å². The maximum Gasteiger partial charge on any atom is 0.146 e. The highest BCUT2D eigenvalue weighted by Crippen LogP contribution is 2.39. The third-order valence-corrected chi connectivity index (χ3v) is 7.07. The minimum absolute atomic E-state index is 0.121. The molecule has 5 aromatic rings. The second kappa shape index (κ2) is 12.0. The fourth-order valence-corrected chi connectivity index (χ4v) is 5.02. The summed E-state index contributed by atoms with van der Waals surface area (Å²) in [4.78, 5) is 0. The van der Waals surface area contributed by atoms with E-state index in [1.807, 2.05) is 36.4 Å². The van der Waals surface area contributed by atoms with Crippen LogP contribution in [0.25, 0.3) is 22.4 Å². The van der Waals surface area contributed by atoms with E-state index in [1.165, 1.54) is 5.46 Å². The lowest BCUT2D eigenvalue weighted by Gasteiger charge is -2.12. The van der Waals surface area contributed by atoms with Crippen molar-refractivity contribution in [1.82, 2.24) is 5.16 Å². The van der Waals surface area contributed by atoms with Crippen molar-refractivity contribution in [3.05, 3.63) is 118 Å². The monoisotopic (exact) mass is 555 g/mol. The van der Waals surface area contributed by atoms with Crippen molar-refractivity contribution in [1.29, 1.82) is 0 Å². The predicted molar refractivity (Wildman–Crippen MR) is 161 cm³/mol. The number of halogens is 2. The lowest BCUT2D eigenvalue weighted by molar-refractivity contribution is 0.298. The van der Waals surface area contributed by atoms with Gasteiger partial charge in [0.05, 0.1) is 15.6 Å². The minimum atomic E-state index is 0.121. The number of rotatable bonds is 9. The van der Waals surface area contributed by atoms with Gasteiger partial charge in [-0.25, -0.2) is 0 Å². The van der Waals surface area contributed by atoms with Crippen molar-refractivity contribution < 1.29 is 14.0 Å². The molecule has 0 fully saturated rings. The van der Waals surface area contributed by atoms with Crippen LogP contribution in [0.15, 0.2) is 95.5 Å². The molecular formula is C32H28BCl2NO3. The van der Waals surface area contributed by atoms with E-state index >= 15 is 0 Å². The molecule has 0 amide bonds.